The highest BCUT2D eigenvalue weighted by molar-refractivity contribution is 6.25. The van der Waals surface area contributed by atoms with E-state index in [2.05, 4.69) is 59.6 Å². The number of halogens is 1. The predicted molar refractivity (Wildman–Crippen MR) is 155 cm³/mol. The van der Waals surface area contributed by atoms with Gasteiger partial charge >= 0.3 is 0 Å². The van der Waals surface area contributed by atoms with E-state index in [0.717, 1.165) is 59.9 Å². The molecule has 2 nitrogen and oxygen atoms in total. The first kappa shape index (κ1) is 21.1. The third-order valence-corrected chi connectivity index (χ3v) is 7.58. The summed E-state index contributed by atoms with van der Waals surface area (Å²) in [6.45, 7) is 0. The van der Waals surface area contributed by atoms with E-state index in [1.54, 1.807) is 12.3 Å². The average molecular weight is 490 g/mol. The smallest absolute Gasteiger partial charge is 0.146 e. The lowest BCUT2D eigenvalue weighted by Crippen LogP contribution is -1.90. The quantitative estimate of drug-likeness (QED) is 0.226. The van der Waals surface area contributed by atoms with Crippen LogP contribution in [0.15, 0.2) is 126 Å². The minimum atomic E-state index is -0.305. The Morgan fingerprint density at radius 3 is 2.08 bits per heavy atom. The van der Waals surface area contributed by atoms with E-state index in [4.69, 9.17) is 4.42 Å². The first-order valence-corrected chi connectivity index (χ1v) is 12.7. The Hall–Kier alpha value is -5.02. The fraction of sp³-hybridized carbons (Fsp3) is 0. The van der Waals surface area contributed by atoms with Crippen LogP contribution < -0.4 is 0 Å². The molecule has 0 atom stereocenters. The van der Waals surface area contributed by atoms with E-state index in [-0.39, 0.29) is 5.82 Å². The van der Waals surface area contributed by atoms with E-state index in [1.165, 1.54) is 0 Å². The molecule has 0 spiro atoms. The van der Waals surface area contributed by atoms with E-state index >= 15 is 4.39 Å². The lowest BCUT2D eigenvalue weighted by molar-refractivity contribution is 0.623. The number of rotatable bonds is 2. The van der Waals surface area contributed by atoms with Crippen LogP contribution in [-0.2, 0) is 0 Å². The Morgan fingerprint density at radius 2 is 1.24 bits per heavy atom. The van der Waals surface area contributed by atoms with Crippen molar-refractivity contribution in [2.75, 3.05) is 0 Å². The number of nitrogens with zero attached hydrogens (tertiary/aromatic N) is 1. The van der Waals surface area contributed by atoms with Crippen molar-refractivity contribution < 1.29 is 8.81 Å². The molecule has 8 aromatic rings. The molecule has 2 aromatic heterocycles. The molecule has 0 fully saturated rings. The van der Waals surface area contributed by atoms with Gasteiger partial charge in [0.05, 0.1) is 11.3 Å². The first-order valence-electron chi connectivity index (χ1n) is 12.7. The molecule has 8 rings (SSSR count). The highest BCUT2D eigenvalue weighted by Crippen LogP contribution is 2.45. The Labute approximate surface area is 217 Å². The van der Waals surface area contributed by atoms with Crippen LogP contribution in [0.5, 0.6) is 0 Å². The molecule has 0 saturated carbocycles. The van der Waals surface area contributed by atoms with Crippen LogP contribution in [0.3, 0.4) is 0 Å². The molecule has 0 unspecified atom stereocenters. The number of fused-ring (bicyclic) bond motifs is 8. The van der Waals surface area contributed by atoms with Crippen molar-refractivity contribution in [2.45, 2.75) is 0 Å². The van der Waals surface area contributed by atoms with Gasteiger partial charge < -0.3 is 4.42 Å². The summed E-state index contributed by atoms with van der Waals surface area (Å²) >= 11 is 0. The Bertz CT molecular complexity index is 2180. The number of benzene rings is 6. The number of hydrogen-bond donors (Lipinski definition) is 0. The summed E-state index contributed by atoms with van der Waals surface area (Å²) in [7, 11) is 0. The van der Waals surface area contributed by atoms with Crippen LogP contribution in [0.25, 0.3) is 76.6 Å². The van der Waals surface area contributed by atoms with Gasteiger partial charge in [0.15, 0.2) is 0 Å². The minimum Gasteiger partial charge on any atom is -0.455 e. The molecule has 0 aliphatic carbocycles. The Morgan fingerprint density at radius 1 is 0.526 bits per heavy atom. The maximum atomic E-state index is 15.9. The van der Waals surface area contributed by atoms with Gasteiger partial charge in [-0.3, -0.25) is 4.98 Å². The standard InChI is InChI=1S/C35H20FNO/c36-30-18-17-27-26-12-7-13-28(31-14-5-6-19-37-31)34(26)38-35(27)33(30)29-20-22-9-2-4-11-24(22)32-23-10-3-1-8-21(23)15-16-25(29)32/h1-20H. The molecule has 0 radical (unpaired) electrons. The lowest BCUT2D eigenvalue weighted by Gasteiger charge is -2.14. The van der Waals surface area contributed by atoms with E-state index in [1.807, 2.05) is 54.6 Å². The van der Waals surface area contributed by atoms with Gasteiger partial charge in [-0.2, -0.15) is 0 Å². The number of hydrogen-bond acceptors (Lipinski definition) is 2. The van der Waals surface area contributed by atoms with Crippen molar-refractivity contribution in [3.8, 4) is 22.4 Å². The second-order valence-corrected chi connectivity index (χ2v) is 9.65. The van der Waals surface area contributed by atoms with Gasteiger partial charge in [-0.1, -0.05) is 78.9 Å². The summed E-state index contributed by atoms with van der Waals surface area (Å²) in [5, 5.41) is 8.47. The molecule has 38 heavy (non-hydrogen) atoms. The number of pyridine rings is 1. The van der Waals surface area contributed by atoms with Crippen molar-refractivity contribution >= 4 is 54.3 Å². The zero-order valence-corrected chi connectivity index (χ0v) is 20.3. The monoisotopic (exact) mass is 489 g/mol. The fourth-order valence-corrected chi connectivity index (χ4v) is 5.89. The van der Waals surface area contributed by atoms with Gasteiger partial charge in [0.1, 0.15) is 17.0 Å². The molecule has 0 aliphatic heterocycles. The summed E-state index contributed by atoms with van der Waals surface area (Å²) in [5.74, 6) is -0.305. The zero-order valence-electron chi connectivity index (χ0n) is 20.3. The molecule has 0 saturated heterocycles. The fourth-order valence-electron chi connectivity index (χ4n) is 5.89. The summed E-state index contributed by atoms with van der Waals surface area (Å²) in [6.07, 6.45) is 1.77. The third kappa shape index (κ3) is 2.96. The van der Waals surface area contributed by atoms with Crippen LogP contribution in [0.4, 0.5) is 4.39 Å². The van der Waals surface area contributed by atoms with Gasteiger partial charge in [-0.25, -0.2) is 4.39 Å². The molecule has 2 heterocycles. The lowest BCUT2D eigenvalue weighted by atomic mass is 9.89. The van der Waals surface area contributed by atoms with Gasteiger partial charge in [0.25, 0.3) is 0 Å². The molecule has 0 bridgehead atoms. The molecule has 0 amide bonds. The van der Waals surface area contributed by atoms with Crippen molar-refractivity contribution in [2.24, 2.45) is 0 Å². The predicted octanol–water partition coefficient (Wildman–Crippen LogP) is 9.91. The van der Waals surface area contributed by atoms with Crippen LogP contribution in [-0.4, -0.2) is 4.98 Å². The van der Waals surface area contributed by atoms with E-state index in [9.17, 15) is 0 Å². The molecule has 6 aromatic carbocycles. The highest BCUT2D eigenvalue weighted by Gasteiger charge is 2.21. The van der Waals surface area contributed by atoms with E-state index in [0.29, 0.717) is 16.7 Å². The van der Waals surface area contributed by atoms with Crippen LogP contribution in [0.2, 0.25) is 0 Å². The molecular formula is C35H20FNO. The first-order chi connectivity index (χ1) is 18.8. The molecular weight excluding hydrogens is 469 g/mol. The topological polar surface area (TPSA) is 26.0 Å². The van der Waals surface area contributed by atoms with Crippen LogP contribution in [0.1, 0.15) is 0 Å². The second kappa shape index (κ2) is 7.99. The van der Waals surface area contributed by atoms with Gasteiger partial charge in [-0.05, 0) is 74.3 Å². The highest BCUT2D eigenvalue weighted by atomic mass is 19.1. The number of aromatic nitrogens is 1. The van der Waals surface area contributed by atoms with Crippen molar-refractivity contribution in [3.63, 3.8) is 0 Å². The molecule has 0 aliphatic rings. The van der Waals surface area contributed by atoms with Gasteiger partial charge in [0, 0.05) is 22.5 Å². The van der Waals surface area contributed by atoms with Crippen LogP contribution in [0, 0.1) is 5.82 Å². The van der Waals surface area contributed by atoms with Crippen molar-refractivity contribution in [3.05, 3.63) is 127 Å². The zero-order chi connectivity index (χ0) is 25.2. The molecule has 0 N–H and O–H groups in total. The molecule has 178 valence electrons. The third-order valence-electron chi connectivity index (χ3n) is 7.58. The Balaban J connectivity index is 1.53. The summed E-state index contributed by atoms with van der Waals surface area (Å²) < 4.78 is 22.5. The number of furan rings is 1. The maximum Gasteiger partial charge on any atom is 0.146 e. The normalized spacial score (nSPS) is 11.8. The average Bonchev–Trinajstić information content (AvgIpc) is 3.35. The van der Waals surface area contributed by atoms with Crippen LogP contribution >= 0.6 is 0 Å². The second-order valence-electron chi connectivity index (χ2n) is 9.65. The minimum absolute atomic E-state index is 0.305. The maximum absolute atomic E-state index is 15.9. The summed E-state index contributed by atoms with van der Waals surface area (Å²) in [4.78, 5) is 4.54. The van der Waals surface area contributed by atoms with Crippen molar-refractivity contribution in [1.82, 2.24) is 4.98 Å². The van der Waals surface area contributed by atoms with Crippen molar-refractivity contribution in [1.29, 1.82) is 0 Å². The molecule has 3 heteroatoms. The Kier molecular flexibility index (Phi) is 4.44. The van der Waals surface area contributed by atoms with E-state index < -0.39 is 0 Å². The number of para-hydroxylation sites is 1. The SMILES string of the molecule is Fc1ccc2c(oc3c(-c4ccccn4)cccc32)c1-c1cc2ccccc2c2c1ccc1ccccc12. The van der Waals surface area contributed by atoms with Gasteiger partial charge in [-0.15, -0.1) is 0 Å². The summed E-state index contributed by atoms with van der Waals surface area (Å²) in [6, 6.07) is 38.2. The van der Waals surface area contributed by atoms with Gasteiger partial charge in [0.2, 0.25) is 0 Å². The summed E-state index contributed by atoms with van der Waals surface area (Å²) in [5.41, 5.74) is 4.28. The largest absolute Gasteiger partial charge is 0.455 e.